The molecule has 0 unspecified atom stereocenters. The van der Waals surface area contributed by atoms with Crippen LogP contribution in [-0.2, 0) is 19.6 Å². The molecule has 0 aliphatic carbocycles. The van der Waals surface area contributed by atoms with E-state index in [-0.39, 0.29) is 33.9 Å². The Morgan fingerprint density at radius 3 is 2.67 bits per heavy atom. The van der Waals surface area contributed by atoms with Gasteiger partial charge in [0.25, 0.3) is 5.91 Å². The Kier molecular flexibility index (Phi) is 5.31. The maximum atomic E-state index is 12.8. The summed E-state index contributed by atoms with van der Waals surface area (Å²) in [5.41, 5.74) is 0.570. The predicted octanol–water partition coefficient (Wildman–Crippen LogP) is 1.73. The highest BCUT2D eigenvalue weighted by atomic mass is 35.5. The van der Waals surface area contributed by atoms with Gasteiger partial charge in [-0.25, -0.2) is 17.5 Å². The molecule has 0 bridgehead atoms. The summed E-state index contributed by atoms with van der Waals surface area (Å²) in [5.74, 6) is -1.35. The molecule has 0 spiro atoms. The molecule has 2 amide bonds. The van der Waals surface area contributed by atoms with Gasteiger partial charge in [-0.05, 0) is 30.3 Å². The first-order valence-corrected chi connectivity index (χ1v) is 9.42. The highest BCUT2D eigenvalue weighted by Gasteiger charge is 2.24. The van der Waals surface area contributed by atoms with Crippen LogP contribution in [0.15, 0.2) is 41.3 Å². The number of anilines is 2. The summed E-state index contributed by atoms with van der Waals surface area (Å²) in [5, 5.41) is 4.78. The molecule has 0 radical (unpaired) electrons. The zero-order chi connectivity index (χ0) is 19.6. The molecule has 27 heavy (non-hydrogen) atoms. The monoisotopic (exact) mass is 413 g/mol. The van der Waals surface area contributed by atoms with Crippen LogP contribution in [0.1, 0.15) is 0 Å². The smallest absolute Gasteiger partial charge is 0.262 e. The number of hydrogen-bond donors (Lipinski definition) is 3. The zero-order valence-electron chi connectivity index (χ0n) is 13.6. The first-order valence-electron chi connectivity index (χ1n) is 7.56. The van der Waals surface area contributed by atoms with E-state index in [2.05, 4.69) is 15.4 Å². The van der Waals surface area contributed by atoms with E-state index >= 15 is 0 Å². The van der Waals surface area contributed by atoms with Crippen molar-refractivity contribution in [1.82, 2.24) is 4.72 Å². The second-order valence-corrected chi connectivity index (χ2v) is 7.64. The van der Waals surface area contributed by atoms with E-state index in [0.29, 0.717) is 5.69 Å². The normalized spacial score (nSPS) is 13.3. The van der Waals surface area contributed by atoms with Crippen LogP contribution in [0.3, 0.4) is 0 Å². The molecule has 0 saturated carbocycles. The van der Waals surface area contributed by atoms with E-state index in [1.165, 1.54) is 18.2 Å². The van der Waals surface area contributed by atoms with E-state index in [9.17, 15) is 22.4 Å². The second kappa shape index (κ2) is 7.51. The average molecular weight is 414 g/mol. The summed E-state index contributed by atoms with van der Waals surface area (Å²) in [4.78, 5) is 22.9. The minimum absolute atomic E-state index is 0.147. The van der Waals surface area contributed by atoms with Crippen molar-refractivity contribution < 1.29 is 27.1 Å². The number of benzene rings is 2. The molecule has 1 heterocycles. The topological polar surface area (TPSA) is 114 Å². The van der Waals surface area contributed by atoms with Crippen LogP contribution in [0.25, 0.3) is 0 Å². The van der Waals surface area contributed by atoms with Crippen LogP contribution >= 0.6 is 11.6 Å². The average Bonchev–Trinajstić information content (AvgIpc) is 2.61. The Hall–Kier alpha value is -2.69. The fourth-order valence-electron chi connectivity index (χ4n) is 2.26. The molecule has 0 aromatic heterocycles. The molecule has 11 heteroatoms. The van der Waals surface area contributed by atoms with Gasteiger partial charge in [-0.15, -0.1) is 0 Å². The second-order valence-electron chi connectivity index (χ2n) is 5.50. The van der Waals surface area contributed by atoms with E-state index < -0.39 is 28.3 Å². The van der Waals surface area contributed by atoms with Gasteiger partial charge in [0, 0.05) is 11.8 Å². The van der Waals surface area contributed by atoms with Crippen molar-refractivity contribution in [3.8, 4) is 5.75 Å². The summed E-state index contributed by atoms with van der Waals surface area (Å²) in [7, 11) is -4.13. The van der Waals surface area contributed by atoms with Gasteiger partial charge in [0.05, 0.1) is 17.3 Å². The fourth-order valence-corrected chi connectivity index (χ4v) is 3.79. The lowest BCUT2D eigenvalue weighted by Gasteiger charge is -2.19. The van der Waals surface area contributed by atoms with Gasteiger partial charge in [-0.1, -0.05) is 11.6 Å². The first kappa shape index (κ1) is 19.1. The number of carbonyl (C=O) groups is 2. The Labute approximate surface area is 158 Å². The molecule has 2 aromatic carbocycles. The molecule has 0 atom stereocenters. The van der Waals surface area contributed by atoms with Crippen molar-refractivity contribution in [2.75, 3.05) is 23.8 Å². The van der Waals surface area contributed by atoms with Gasteiger partial charge >= 0.3 is 0 Å². The number of sulfonamides is 1. The zero-order valence-corrected chi connectivity index (χ0v) is 15.2. The number of halogens is 2. The van der Waals surface area contributed by atoms with Crippen LogP contribution in [0.4, 0.5) is 15.8 Å². The molecule has 3 rings (SSSR count). The maximum absolute atomic E-state index is 12.8. The van der Waals surface area contributed by atoms with Crippen LogP contribution < -0.4 is 20.1 Å². The van der Waals surface area contributed by atoms with Gasteiger partial charge in [0.15, 0.2) is 6.61 Å². The molecule has 0 fully saturated rings. The Balaban J connectivity index is 1.70. The highest BCUT2D eigenvalue weighted by molar-refractivity contribution is 7.89. The molecular weight excluding hydrogens is 401 g/mol. The van der Waals surface area contributed by atoms with Crippen molar-refractivity contribution >= 4 is 44.8 Å². The third-order valence-corrected chi connectivity index (χ3v) is 5.37. The van der Waals surface area contributed by atoms with E-state index in [4.69, 9.17) is 16.3 Å². The third kappa shape index (κ3) is 4.54. The molecule has 1 aliphatic heterocycles. The maximum Gasteiger partial charge on any atom is 0.262 e. The first-order chi connectivity index (χ1) is 12.7. The van der Waals surface area contributed by atoms with Gasteiger partial charge in [0.2, 0.25) is 15.9 Å². The van der Waals surface area contributed by atoms with Gasteiger partial charge in [0.1, 0.15) is 16.5 Å². The summed E-state index contributed by atoms with van der Waals surface area (Å²) in [6.07, 6.45) is 0. The number of carbonyl (C=O) groups excluding carboxylic acids is 2. The molecule has 3 N–H and O–H groups in total. The van der Waals surface area contributed by atoms with E-state index in [1.54, 1.807) is 0 Å². The van der Waals surface area contributed by atoms with E-state index in [0.717, 1.165) is 18.2 Å². The fraction of sp³-hybridized carbons (Fsp3) is 0.125. The lowest BCUT2D eigenvalue weighted by molar-refractivity contribution is -0.118. The molecule has 8 nitrogen and oxygen atoms in total. The number of rotatable bonds is 5. The van der Waals surface area contributed by atoms with Crippen LogP contribution in [0.5, 0.6) is 5.75 Å². The molecule has 142 valence electrons. The van der Waals surface area contributed by atoms with Gasteiger partial charge in [-0.2, -0.15) is 0 Å². The van der Waals surface area contributed by atoms with Crippen LogP contribution in [-0.4, -0.2) is 33.4 Å². The van der Waals surface area contributed by atoms with Crippen LogP contribution in [0.2, 0.25) is 5.02 Å². The Morgan fingerprint density at radius 1 is 1.26 bits per heavy atom. The SMILES string of the molecule is O=C(CNS(=O)(=O)c1cc2c(cc1Cl)NC(=O)CO2)Nc1ccc(F)cc1. The summed E-state index contributed by atoms with van der Waals surface area (Å²) < 4.78 is 45.0. The number of amides is 2. The van der Waals surface area contributed by atoms with Gasteiger partial charge < -0.3 is 15.4 Å². The number of fused-ring (bicyclic) bond motifs is 1. The lowest BCUT2D eigenvalue weighted by Crippen LogP contribution is -2.33. The van der Waals surface area contributed by atoms with Crippen LogP contribution in [0, 0.1) is 5.82 Å². The quantitative estimate of drug-likeness (QED) is 0.690. The molecule has 2 aromatic rings. The van der Waals surface area contributed by atoms with Crippen molar-refractivity contribution in [3.05, 3.63) is 47.2 Å². The number of nitrogens with one attached hydrogen (secondary N) is 3. The molecule has 1 aliphatic rings. The standard InChI is InChI=1S/C16H13ClFN3O5S/c17-11-5-12-13(26-8-16(23)21-12)6-14(11)27(24,25)19-7-15(22)20-10-3-1-9(18)2-4-10/h1-6,19H,7-8H2,(H,20,22)(H,21,23). The van der Waals surface area contributed by atoms with Gasteiger partial charge in [-0.3, -0.25) is 9.59 Å². The predicted molar refractivity (Wildman–Crippen MR) is 95.8 cm³/mol. The summed E-state index contributed by atoms with van der Waals surface area (Å²) in [6.45, 7) is -0.813. The largest absolute Gasteiger partial charge is 0.482 e. The lowest BCUT2D eigenvalue weighted by atomic mass is 10.2. The van der Waals surface area contributed by atoms with Crippen molar-refractivity contribution in [2.24, 2.45) is 0 Å². The molecular formula is C16H13ClFN3O5S. The van der Waals surface area contributed by atoms with Crippen molar-refractivity contribution in [1.29, 1.82) is 0 Å². The van der Waals surface area contributed by atoms with E-state index in [1.807, 2.05) is 0 Å². The third-order valence-electron chi connectivity index (χ3n) is 3.51. The Bertz CT molecular complexity index is 1010. The molecule has 0 saturated heterocycles. The summed E-state index contributed by atoms with van der Waals surface area (Å²) in [6, 6.07) is 7.41. The highest BCUT2D eigenvalue weighted by Crippen LogP contribution is 2.35. The number of hydrogen-bond acceptors (Lipinski definition) is 5. The minimum Gasteiger partial charge on any atom is -0.482 e. The van der Waals surface area contributed by atoms with Crippen molar-refractivity contribution in [3.63, 3.8) is 0 Å². The summed E-state index contributed by atoms with van der Waals surface area (Å²) >= 11 is 5.99. The number of ether oxygens (including phenoxy) is 1. The minimum atomic E-state index is -4.13. The Morgan fingerprint density at radius 2 is 1.96 bits per heavy atom. The van der Waals surface area contributed by atoms with Crippen molar-refractivity contribution in [2.45, 2.75) is 4.90 Å².